The largest absolute Gasteiger partial charge is 0.344 e. The zero-order chi connectivity index (χ0) is 21.5. The van der Waals surface area contributed by atoms with E-state index in [-0.39, 0.29) is 11.8 Å². The van der Waals surface area contributed by atoms with E-state index in [1.165, 1.54) is 4.70 Å². The van der Waals surface area contributed by atoms with Crippen molar-refractivity contribution in [2.75, 3.05) is 13.1 Å². The van der Waals surface area contributed by atoms with Crippen LogP contribution in [0.5, 0.6) is 0 Å². The number of hydrogen-bond donors (Lipinski definition) is 1. The number of unbranched alkanes of at least 4 members (excludes halogenated alkanes) is 1. The third-order valence-electron chi connectivity index (χ3n) is 5.72. The van der Waals surface area contributed by atoms with E-state index in [4.69, 9.17) is 0 Å². The fourth-order valence-corrected chi connectivity index (χ4v) is 5.07. The highest BCUT2D eigenvalue weighted by Gasteiger charge is 2.27. The lowest BCUT2D eigenvalue weighted by Crippen LogP contribution is -2.48. The molecule has 0 saturated carbocycles. The van der Waals surface area contributed by atoms with Crippen molar-refractivity contribution in [1.82, 2.24) is 15.2 Å². The molecular formula is C25H29N3O2S. The first-order valence-electron chi connectivity index (χ1n) is 11.2. The Balaban J connectivity index is 1.28. The number of carbonyl (C=O) groups excluding carboxylic acids is 2. The highest BCUT2D eigenvalue weighted by Crippen LogP contribution is 2.23. The van der Waals surface area contributed by atoms with E-state index in [0.717, 1.165) is 61.3 Å². The minimum atomic E-state index is -0.489. The van der Waals surface area contributed by atoms with Gasteiger partial charge in [0.1, 0.15) is 6.04 Å². The SMILES string of the molecule is O=C(CCCCc1nc2ccccc2s1)NC(Cc1ccccc1)C(=O)N1CCCC1. The second-order valence-electron chi connectivity index (χ2n) is 8.12. The Labute approximate surface area is 187 Å². The lowest BCUT2D eigenvalue weighted by atomic mass is 10.0. The topological polar surface area (TPSA) is 62.3 Å². The number of thiazole rings is 1. The summed E-state index contributed by atoms with van der Waals surface area (Å²) in [7, 11) is 0. The van der Waals surface area contributed by atoms with Crippen molar-refractivity contribution in [2.45, 2.75) is 51.0 Å². The first kappa shape index (κ1) is 21.5. The normalized spacial score (nSPS) is 14.6. The van der Waals surface area contributed by atoms with Gasteiger partial charge in [-0.1, -0.05) is 42.5 Å². The van der Waals surface area contributed by atoms with Crippen LogP contribution in [0.4, 0.5) is 0 Å². The third-order valence-corrected chi connectivity index (χ3v) is 6.81. The molecule has 1 saturated heterocycles. The summed E-state index contributed by atoms with van der Waals surface area (Å²) in [6, 6.07) is 17.6. The van der Waals surface area contributed by atoms with Crippen LogP contribution in [0.2, 0.25) is 0 Å². The molecule has 1 aliphatic heterocycles. The lowest BCUT2D eigenvalue weighted by molar-refractivity contribution is -0.135. The first-order valence-corrected chi connectivity index (χ1v) is 12.0. The van der Waals surface area contributed by atoms with E-state index < -0.39 is 6.04 Å². The summed E-state index contributed by atoms with van der Waals surface area (Å²) in [6.45, 7) is 1.59. The van der Waals surface area contributed by atoms with Gasteiger partial charge >= 0.3 is 0 Å². The van der Waals surface area contributed by atoms with Crippen molar-refractivity contribution in [3.63, 3.8) is 0 Å². The average Bonchev–Trinajstić information content (AvgIpc) is 3.46. The molecule has 4 rings (SSSR count). The smallest absolute Gasteiger partial charge is 0.245 e. The fraction of sp³-hybridized carbons (Fsp3) is 0.400. The number of carbonyl (C=O) groups is 2. The molecular weight excluding hydrogens is 406 g/mol. The van der Waals surface area contributed by atoms with Gasteiger partial charge in [-0.15, -0.1) is 11.3 Å². The molecule has 1 aliphatic rings. The number of aromatic nitrogens is 1. The Hall–Kier alpha value is -2.73. The number of rotatable bonds is 9. The highest BCUT2D eigenvalue weighted by molar-refractivity contribution is 7.18. The van der Waals surface area contributed by atoms with Crippen molar-refractivity contribution in [1.29, 1.82) is 0 Å². The van der Waals surface area contributed by atoms with Gasteiger partial charge in [-0.3, -0.25) is 9.59 Å². The lowest BCUT2D eigenvalue weighted by Gasteiger charge is -2.24. The summed E-state index contributed by atoms with van der Waals surface area (Å²) in [5.74, 6) is 0.00181. The number of fused-ring (bicyclic) bond motifs is 1. The Morgan fingerprint density at radius 2 is 1.74 bits per heavy atom. The monoisotopic (exact) mass is 435 g/mol. The second-order valence-corrected chi connectivity index (χ2v) is 9.24. The molecule has 2 heterocycles. The molecule has 6 heteroatoms. The van der Waals surface area contributed by atoms with Gasteiger partial charge in [-0.05, 0) is 49.8 Å². The van der Waals surface area contributed by atoms with Crippen LogP contribution < -0.4 is 5.32 Å². The van der Waals surface area contributed by atoms with Crippen molar-refractivity contribution in [3.8, 4) is 0 Å². The summed E-state index contributed by atoms with van der Waals surface area (Å²) in [4.78, 5) is 32.2. The van der Waals surface area contributed by atoms with E-state index >= 15 is 0 Å². The predicted octanol–water partition coefficient (Wildman–Crippen LogP) is 4.36. The zero-order valence-electron chi connectivity index (χ0n) is 17.8. The predicted molar refractivity (Wildman–Crippen MR) is 125 cm³/mol. The van der Waals surface area contributed by atoms with Gasteiger partial charge < -0.3 is 10.2 Å². The molecule has 0 radical (unpaired) electrons. The van der Waals surface area contributed by atoms with Gasteiger partial charge in [0.25, 0.3) is 0 Å². The molecule has 0 bridgehead atoms. The van der Waals surface area contributed by atoms with Crippen LogP contribution in [0.1, 0.15) is 42.7 Å². The van der Waals surface area contributed by atoms with Gasteiger partial charge in [0.15, 0.2) is 0 Å². The molecule has 31 heavy (non-hydrogen) atoms. The zero-order valence-corrected chi connectivity index (χ0v) is 18.6. The Morgan fingerprint density at radius 1 is 1.00 bits per heavy atom. The van der Waals surface area contributed by atoms with Gasteiger partial charge in [-0.25, -0.2) is 4.98 Å². The molecule has 1 N–H and O–H groups in total. The van der Waals surface area contributed by atoms with Gasteiger partial charge in [-0.2, -0.15) is 0 Å². The van der Waals surface area contributed by atoms with Crippen LogP contribution in [-0.2, 0) is 22.4 Å². The minimum Gasteiger partial charge on any atom is -0.344 e. The van der Waals surface area contributed by atoms with E-state index in [0.29, 0.717) is 12.8 Å². The number of benzene rings is 2. The summed E-state index contributed by atoms with van der Waals surface area (Å²) < 4.78 is 1.21. The highest BCUT2D eigenvalue weighted by atomic mass is 32.1. The van der Waals surface area contributed by atoms with Gasteiger partial charge in [0.05, 0.1) is 15.2 Å². The molecule has 5 nitrogen and oxygen atoms in total. The van der Waals surface area contributed by atoms with Crippen molar-refractivity contribution in [3.05, 3.63) is 65.2 Å². The van der Waals surface area contributed by atoms with Crippen molar-refractivity contribution < 1.29 is 9.59 Å². The van der Waals surface area contributed by atoms with Crippen LogP contribution >= 0.6 is 11.3 Å². The second kappa shape index (κ2) is 10.5. The molecule has 0 aliphatic carbocycles. The standard InChI is InChI=1S/C25H29N3O2S/c29-23(14-6-7-15-24-27-20-12-4-5-13-22(20)31-24)26-21(18-19-10-2-1-3-11-19)25(30)28-16-8-9-17-28/h1-5,10-13,21H,6-9,14-18H2,(H,26,29). The number of hydrogen-bond acceptors (Lipinski definition) is 4. The van der Waals surface area contributed by atoms with Crippen molar-refractivity contribution in [2.24, 2.45) is 0 Å². The molecule has 1 fully saturated rings. The Kier molecular flexibility index (Phi) is 7.30. The van der Waals surface area contributed by atoms with Gasteiger partial charge in [0.2, 0.25) is 11.8 Å². The molecule has 162 valence electrons. The summed E-state index contributed by atoms with van der Waals surface area (Å²) in [5.41, 5.74) is 2.11. The van der Waals surface area contributed by atoms with E-state index in [9.17, 15) is 9.59 Å². The van der Waals surface area contributed by atoms with Crippen LogP contribution in [0, 0.1) is 0 Å². The molecule has 2 aromatic carbocycles. The fourth-order valence-electron chi connectivity index (χ4n) is 4.06. The number of amides is 2. The molecule has 1 atom stereocenters. The average molecular weight is 436 g/mol. The number of nitrogens with zero attached hydrogens (tertiary/aromatic N) is 2. The first-order chi connectivity index (χ1) is 15.2. The minimum absolute atomic E-state index is 0.0437. The van der Waals surface area contributed by atoms with E-state index in [1.54, 1.807) is 11.3 Å². The van der Waals surface area contributed by atoms with Crippen LogP contribution in [0.3, 0.4) is 0 Å². The molecule has 2 amide bonds. The maximum absolute atomic E-state index is 13.0. The molecule has 3 aromatic rings. The summed E-state index contributed by atoms with van der Waals surface area (Å²) in [5, 5.41) is 4.14. The van der Waals surface area contributed by atoms with Crippen LogP contribution in [0.25, 0.3) is 10.2 Å². The van der Waals surface area contributed by atoms with Crippen molar-refractivity contribution >= 4 is 33.4 Å². The third kappa shape index (κ3) is 5.91. The number of aryl methyl sites for hydroxylation is 1. The molecule has 1 aromatic heterocycles. The quantitative estimate of drug-likeness (QED) is 0.508. The number of likely N-dealkylation sites (tertiary alicyclic amines) is 1. The van der Waals surface area contributed by atoms with Crippen LogP contribution in [-0.4, -0.2) is 40.8 Å². The Morgan fingerprint density at radius 3 is 2.52 bits per heavy atom. The maximum Gasteiger partial charge on any atom is 0.245 e. The van der Waals surface area contributed by atoms with Crippen LogP contribution in [0.15, 0.2) is 54.6 Å². The maximum atomic E-state index is 13.0. The number of para-hydroxylation sites is 1. The van der Waals surface area contributed by atoms with E-state index in [1.807, 2.05) is 53.4 Å². The summed E-state index contributed by atoms with van der Waals surface area (Å²) in [6.07, 6.45) is 5.64. The Bertz CT molecular complexity index is 979. The molecule has 1 unspecified atom stereocenters. The van der Waals surface area contributed by atoms with Gasteiger partial charge in [0, 0.05) is 25.9 Å². The summed E-state index contributed by atoms with van der Waals surface area (Å²) >= 11 is 1.72. The molecule has 0 spiro atoms. The van der Waals surface area contributed by atoms with E-state index in [2.05, 4.69) is 16.4 Å². The number of nitrogens with one attached hydrogen (secondary N) is 1.